The van der Waals surface area contributed by atoms with Crippen molar-refractivity contribution in [3.8, 4) is 0 Å². The van der Waals surface area contributed by atoms with E-state index in [1.165, 1.54) is 31.8 Å². The van der Waals surface area contributed by atoms with Crippen molar-refractivity contribution in [2.75, 3.05) is 0 Å². The zero-order valence-corrected chi connectivity index (χ0v) is 18.9. The Kier molecular flexibility index (Phi) is 5.41. The first-order valence-electron chi connectivity index (χ1n) is 9.76. The van der Waals surface area contributed by atoms with Crippen molar-refractivity contribution in [1.29, 1.82) is 0 Å². The molecule has 7 heteroatoms. The minimum atomic E-state index is -2.19. The van der Waals surface area contributed by atoms with Gasteiger partial charge in [-0.1, -0.05) is 77.5 Å². The first kappa shape index (κ1) is 20.1. The first-order chi connectivity index (χ1) is 15.2. The maximum atomic E-state index is 12.9. The van der Waals surface area contributed by atoms with E-state index >= 15 is 0 Å². The van der Waals surface area contributed by atoms with Crippen LogP contribution in [0.5, 0.6) is 0 Å². The van der Waals surface area contributed by atoms with E-state index < -0.39 is 7.26 Å². The van der Waals surface area contributed by atoms with E-state index in [1.807, 2.05) is 18.2 Å². The monoisotopic (exact) mass is 462 g/mol. The topological polar surface area (TPSA) is 47.3 Å². The van der Waals surface area contributed by atoms with Crippen molar-refractivity contribution >= 4 is 51.1 Å². The standard InChI is InChI=1S/C24H18ClN3OPS/c25-22-21(27-24-28(23(22)29)26-17-31-24)16-30(18-10-4-1-5-11-18,19-12-6-2-7-13-19)20-14-8-3-9-15-20/h1-15,17H,16H2/q+1. The highest BCUT2D eigenvalue weighted by atomic mass is 35.5. The molecule has 3 aromatic carbocycles. The number of hydrogen-bond donors (Lipinski definition) is 0. The van der Waals surface area contributed by atoms with E-state index in [0.29, 0.717) is 16.8 Å². The highest BCUT2D eigenvalue weighted by Gasteiger charge is 2.46. The molecule has 5 rings (SSSR count). The molecule has 0 bridgehead atoms. The van der Waals surface area contributed by atoms with Gasteiger partial charge in [-0.25, -0.2) is 4.98 Å². The Hall–Kier alpha value is -2.85. The molecular weight excluding hydrogens is 445 g/mol. The van der Waals surface area contributed by atoms with Gasteiger partial charge in [0, 0.05) is 0 Å². The summed E-state index contributed by atoms with van der Waals surface area (Å²) in [7, 11) is -2.19. The van der Waals surface area contributed by atoms with Crippen LogP contribution < -0.4 is 21.5 Å². The quantitative estimate of drug-likeness (QED) is 0.366. The molecule has 0 N–H and O–H groups in total. The minimum absolute atomic E-state index is 0.135. The zero-order chi connectivity index (χ0) is 21.3. The Balaban J connectivity index is 1.83. The van der Waals surface area contributed by atoms with Crippen LogP contribution in [0.1, 0.15) is 5.69 Å². The summed E-state index contributed by atoms with van der Waals surface area (Å²) in [4.78, 5) is 18.2. The van der Waals surface area contributed by atoms with Crippen molar-refractivity contribution in [3.05, 3.63) is 118 Å². The number of rotatable bonds is 5. The molecule has 0 saturated carbocycles. The van der Waals surface area contributed by atoms with Gasteiger partial charge in [-0.05, 0) is 36.4 Å². The summed E-state index contributed by atoms with van der Waals surface area (Å²) in [6.45, 7) is 0. The molecule has 0 atom stereocenters. The number of nitrogens with zero attached hydrogens (tertiary/aromatic N) is 3. The third-order valence-electron chi connectivity index (χ3n) is 5.34. The maximum absolute atomic E-state index is 12.9. The van der Waals surface area contributed by atoms with E-state index in [1.54, 1.807) is 5.51 Å². The predicted molar refractivity (Wildman–Crippen MR) is 131 cm³/mol. The number of aromatic nitrogens is 3. The Morgan fingerprint density at radius 2 is 1.29 bits per heavy atom. The van der Waals surface area contributed by atoms with Gasteiger partial charge in [-0.3, -0.25) is 4.79 Å². The summed E-state index contributed by atoms with van der Waals surface area (Å²) in [5.74, 6) is 0. The van der Waals surface area contributed by atoms with Gasteiger partial charge in [0.15, 0.2) is 0 Å². The van der Waals surface area contributed by atoms with Crippen LogP contribution in [0.2, 0.25) is 5.02 Å². The number of benzene rings is 3. The third-order valence-corrected chi connectivity index (χ3v) is 10.7. The highest BCUT2D eigenvalue weighted by Crippen LogP contribution is 2.58. The predicted octanol–water partition coefficient (Wildman–Crippen LogP) is 4.30. The zero-order valence-electron chi connectivity index (χ0n) is 16.4. The van der Waals surface area contributed by atoms with Crippen LogP contribution in [0, 0.1) is 0 Å². The fourth-order valence-electron chi connectivity index (χ4n) is 3.91. The molecular formula is C24H18ClN3OPS+. The lowest BCUT2D eigenvalue weighted by Crippen LogP contribution is -2.33. The van der Waals surface area contributed by atoms with Crippen LogP contribution in [0.4, 0.5) is 0 Å². The van der Waals surface area contributed by atoms with Gasteiger partial charge in [0.1, 0.15) is 45.6 Å². The molecule has 5 aromatic rings. The number of hydrogen-bond acceptors (Lipinski definition) is 4. The van der Waals surface area contributed by atoms with Gasteiger partial charge in [-0.2, -0.15) is 9.61 Å². The maximum Gasteiger partial charge on any atom is 0.294 e. The Labute approximate surface area is 189 Å². The summed E-state index contributed by atoms with van der Waals surface area (Å²) in [5.41, 5.74) is 1.90. The fourth-order valence-corrected chi connectivity index (χ4v) is 8.98. The molecule has 0 radical (unpaired) electrons. The summed E-state index contributed by atoms with van der Waals surface area (Å²) in [6.07, 6.45) is 0.549. The molecule has 2 aromatic heterocycles. The van der Waals surface area contributed by atoms with Gasteiger partial charge in [-0.15, -0.1) is 0 Å². The molecule has 0 aliphatic heterocycles. The molecule has 4 nitrogen and oxygen atoms in total. The van der Waals surface area contributed by atoms with Gasteiger partial charge in [0.2, 0.25) is 4.96 Å². The van der Waals surface area contributed by atoms with Crippen LogP contribution in [0.25, 0.3) is 4.96 Å². The van der Waals surface area contributed by atoms with E-state index in [-0.39, 0.29) is 10.6 Å². The number of halogens is 1. The second-order valence-electron chi connectivity index (χ2n) is 7.09. The molecule has 152 valence electrons. The average Bonchev–Trinajstić information content (AvgIpc) is 3.31. The Morgan fingerprint density at radius 1 is 0.806 bits per heavy atom. The van der Waals surface area contributed by atoms with Crippen LogP contribution in [0.15, 0.2) is 101 Å². The average molecular weight is 463 g/mol. The molecule has 0 unspecified atom stereocenters. The lowest BCUT2D eigenvalue weighted by Gasteiger charge is -2.27. The molecule has 0 amide bonds. The normalized spacial score (nSPS) is 11.6. The minimum Gasteiger partial charge on any atom is -0.266 e. The Morgan fingerprint density at radius 3 is 1.77 bits per heavy atom. The second kappa shape index (κ2) is 8.35. The lowest BCUT2D eigenvalue weighted by molar-refractivity contribution is 0.888. The third kappa shape index (κ3) is 3.49. The molecule has 0 saturated heterocycles. The van der Waals surface area contributed by atoms with Crippen molar-refractivity contribution in [1.82, 2.24) is 14.6 Å². The smallest absolute Gasteiger partial charge is 0.266 e. The van der Waals surface area contributed by atoms with Crippen molar-refractivity contribution in [2.24, 2.45) is 0 Å². The molecule has 0 fully saturated rings. The number of fused-ring (bicyclic) bond motifs is 1. The SMILES string of the molecule is O=c1c(Cl)c(C[P+](c2ccccc2)(c2ccccc2)c2ccccc2)nc2scnn12. The van der Waals surface area contributed by atoms with Gasteiger partial charge < -0.3 is 0 Å². The summed E-state index contributed by atoms with van der Waals surface area (Å²) < 4.78 is 1.27. The van der Waals surface area contributed by atoms with E-state index in [2.05, 4.69) is 77.9 Å². The van der Waals surface area contributed by atoms with Gasteiger partial charge >= 0.3 is 0 Å². The van der Waals surface area contributed by atoms with Crippen LogP contribution in [0.3, 0.4) is 0 Å². The van der Waals surface area contributed by atoms with E-state index in [4.69, 9.17) is 16.6 Å². The summed E-state index contributed by atoms with van der Waals surface area (Å²) in [6, 6.07) is 31.4. The molecule has 2 heterocycles. The van der Waals surface area contributed by atoms with Gasteiger partial charge in [0.25, 0.3) is 5.56 Å². The summed E-state index contributed by atoms with van der Waals surface area (Å²) in [5, 5.41) is 7.86. The molecule has 31 heavy (non-hydrogen) atoms. The molecule has 0 spiro atoms. The Bertz CT molecular complexity index is 1290. The largest absolute Gasteiger partial charge is 0.294 e. The highest BCUT2D eigenvalue weighted by molar-refractivity contribution is 7.95. The molecule has 0 aliphatic rings. The lowest BCUT2D eigenvalue weighted by atomic mass is 10.3. The van der Waals surface area contributed by atoms with Gasteiger partial charge in [0.05, 0.1) is 0 Å². The van der Waals surface area contributed by atoms with Crippen LogP contribution in [-0.4, -0.2) is 14.6 Å². The van der Waals surface area contributed by atoms with Crippen LogP contribution >= 0.6 is 30.2 Å². The van der Waals surface area contributed by atoms with Crippen molar-refractivity contribution < 1.29 is 0 Å². The first-order valence-corrected chi connectivity index (χ1v) is 13.0. The van der Waals surface area contributed by atoms with E-state index in [9.17, 15) is 4.79 Å². The summed E-state index contributed by atoms with van der Waals surface area (Å²) >= 11 is 7.92. The second-order valence-corrected chi connectivity index (χ2v) is 11.8. The fraction of sp³-hybridized carbons (Fsp3) is 0.0417. The molecule has 0 aliphatic carbocycles. The van der Waals surface area contributed by atoms with E-state index in [0.717, 1.165) is 0 Å². The van der Waals surface area contributed by atoms with Crippen LogP contribution in [-0.2, 0) is 6.16 Å². The van der Waals surface area contributed by atoms with Crippen molar-refractivity contribution in [3.63, 3.8) is 0 Å². The van der Waals surface area contributed by atoms with Crippen molar-refractivity contribution in [2.45, 2.75) is 6.16 Å².